The van der Waals surface area contributed by atoms with Crippen LogP contribution in [0.4, 0.5) is 26.4 Å². The maximum absolute atomic E-state index is 14.0. The number of aryl methyl sites for hydroxylation is 2. The van der Waals surface area contributed by atoms with Crippen molar-refractivity contribution in [3.8, 4) is 16.9 Å². The lowest BCUT2D eigenvalue weighted by molar-refractivity contribution is 0.262. The monoisotopic (exact) mass is 510 g/mol. The van der Waals surface area contributed by atoms with Gasteiger partial charge in [-0.3, -0.25) is 10.1 Å². The Hall–Kier alpha value is -4.92. The molecule has 0 aliphatic heterocycles. The van der Waals surface area contributed by atoms with Gasteiger partial charge in [-0.15, -0.1) is 0 Å². The average Bonchev–Trinajstić information content (AvgIpc) is 3.32. The maximum Gasteiger partial charge on any atom is 0.323 e. The number of urea groups is 1. The summed E-state index contributed by atoms with van der Waals surface area (Å²) < 4.78 is 20.0. The fourth-order valence-electron chi connectivity index (χ4n) is 4.25. The van der Waals surface area contributed by atoms with Gasteiger partial charge >= 0.3 is 6.03 Å². The second kappa shape index (κ2) is 11.0. The summed E-state index contributed by atoms with van der Waals surface area (Å²) >= 11 is 0. The molecule has 192 valence electrons. The number of amides is 2. The molecule has 2 aromatic heterocycles. The highest BCUT2D eigenvalue weighted by Gasteiger charge is 2.15. The van der Waals surface area contributed by atoms with Gasteiger partial charge in [-0.05, 0) is 90.6 Å². The molecular formula is C29H27FN6O2. The number of anilines is 3. The zero-order chi connectivity index (χ0) is 26.5. The molecule has 0 radical (unpaired) electrons. The number of nitrogen functional groups attached to an aromatic ring is 1. The first kappa shape index (κ1) is 24.8. The Bertz CT molecular complexity index is 1570. The van der Waals surface area contributed by atoms with E-state index >= 15 is 0 Å². The Morgan fingerprint density at radius 1 is 1.03 bits per heavy atom. The van der Waals surface area contributed by atoms with Crippen LogP contribution in [0.1, 0.15) is 17.5 Å². The number of pyridine rings is 1. The minimum Gasteiger partial charge on any atom is -0.491 e. The minimum atomic E-state index is -0.533. The number of carbonyl (C=O) groups excluding carboxylic acids is 1. The number of hydrogen-bond acceptors (Lipinski definition) is 5. The molecule has 0 fully saturated rings. The van der Waals surface area contributed by atoms with Crippen molar-refractivity contribution >= 4 is 34.1 Å². The molecule has 5 aromatic rings. The molecule has 0 saturated heterocycles. The lowest BCUT2D eigenvalue weighted by Gasteiger charge is -2.12. The topological polar surface area (TPSA) is 118 Å². The molecule has 0 saturated carbocycles. The van der Waals surface area contributed by atoms with Gasteiger partial charge in [0.05, 0.1) is 17.7 Å². The van der Waals surface area contributed by atoms with Crippen LogP contribution < -0.4 is 21.1 Å². The van der Waals surface area contributed by atoms with Crippen LogP contribution in [0.15, 0.2) is 79.1 Å². The van der Waals surface area contributed by atoms with Gasteiger partial charge < -0.3 is 21.1 Å². The van der Waals surface area contributed by atoms with Crippen LogP contribution in [0.3, 0.4) is 0 Å². The Morgan fingerprint density at radius 2 is 1.82 bits per heavy atom. The van der Waals surface area contributed by atoms with Gasteiger partial charge in [0.25, 0.3) is 0 Å². The van der Waals surface area contributed by atoms with Gasteiger partial charge in [0.1, 0.15) is 17.1 Å². The number of carbonyl (C=O) groups is 1. The summed E-state index contributed by atoms with van der Waals surface area (Å²) in [5, 5.41) is 13.2. The van der Waals surface area contributed by atoms with Crippen molar-refractivity contribution in [2.45, 2.75) is 19.8 Å². The third-order valence-corrected chi connectivity index (χ3v) is 6.15. The number of rotatable bonds is 8. The van der Waals surface area contributed by atoms with E-state index in [4.69, 9.17) is 10.5 Å². The van der Waals surface area contributed by atoms with Crippen LogP contribution >= 0.6 is 0 Å². The van der Waals surface area contributed by atoms with E-state index in [2.05, 4.69) is 25.8 Å². The van der Waals surface area contributed by atoms with E-state index in [0.717, 1.165) is 40.4 Å². The summed E-state index contributed by atoms with van der Waals surface area (Å²) in [6.07, 6.45) is 5.33. The normalized spacial score (nSPS) is 10.9. The maximum atomic E-state index is 14.0. The number of benzene rings is 3. The quantitative estimate of drug-likeness (QED) is 0.183. The van der Waals surface area contributed by atoms with E-state index < -0.39 is 11.8 Å². The largest absolute Gasteiger partial charge is 0.491 e. The molecule has 0 aliphatic rings. The minimum absolute atomic E-state index is 0.122. The summed E-state index contributed by atoms with van der Waals surface area (Å²) in [6, 6.07) is 19.1. The van der Waals surface area contributed by atoms with Crippen LogP contribution in [-0.4, -0.2) is 27.8 Å². The number of nitrogens with one attached hydrogen (secondary N) is 3. The highest BCUT2D eigenvalue weighted by atomic mass is 19.1. The van der Waals surface area contributed by atoms with Crippen molar-refractivity contribution in [2.75, 3.05) is 23.0 Å². The van der Waals surface area contributed by atoms with Gasteiger partial charge in [0.15, 0.2) is 5.82 Å². The molecule has 2 heterocycles. The van der Waals surface area contributed by atoms with Crippen molar-refractivity contribution in [2.24, 2.45) is 0 Å². The predicted molar refractivity (Wildman–Crippen MR) is 148 cm³/mol. The van der Waals surface area contributed by atoms with E-state index in [-0.39, 0.29) is 5.69 Å². The number of nitrogens with zero attached hydrogens (tertiary/aromatic N) is 2. The van der Waals surface area contributed by atoms with Crippen LogP contribution in [0.5, 0.6) is 5.75 Å². The number of aromatic amines is 1. The van der Waals surface area contributed by atoms with Gasteiger partial charge in [-0.2, -0.15) is 5.10 Å². The van der Waals surface area contributed by atoms with Crippen molar-refractivity contribution in [1.82, 2.24) is 15.2 Å². The van der Waals surface area contributed by atoms with Crippen LogP contribution in [0.2, 0.25) is 0 Å². The first-order chi connectivity index (χ1) is 18.5. The Balaban J connectivity index is 1.27. The summed E-state index contributed by atoms with van der Waals surface area (Å²) in [4.78, 5) is 16.4. The highest BCUT2D eigenvalue weighted by molar-refractivity contribution is 6.04. The third-order valence-electron chi connectivity index (χ3n) is 6.15. The van der Waals surface area contributed by atoms with E-state index in [1.165, 1.54) is 11.6 Å². The fraction of sp³-hybridized carbons (Fsp3) is 0.138. The number of nitrogens with two attached hydrogens (primary N) is 1. The van der Waals surface area contributed by atoms with E-state index in [0.29, 0.717) is 23.9 Å². The number of fused-ring (bicyclic) bond motifs is 1. The van der Waals surface area contributed by atoms with E-state index in [9.17, 15) is 9.18 Å². The van der Waals surface area contributed by atoms with E-state index in [1.807, 2.05) is 43.3 Å². The molecule has 9 heteroatoms. The molecule has 0 bridgehead atoms. The fourth-order valence-corrected chi connectivity index (χ4v) is 4.25. The van der Waals surface area contributed by atoms with Gasteiger partial charge in [0.2, 0.25) is 0 Å². The van der Waals surface area contributed by atoms with Crippen molar-refractivity contribution < 1.29 is 13.9 Å². The molecule has 8 nitrogen and oxygen atoms in total. The lowest BCUT2D eigenvalue weighted by atomic mass is 10.0. The molecule has 5 rings (SSSR count). The average molecular weight is 511 g/mol. The zero-order valence-electron chi connectivity index (χ0n) is 20.8. The number of halogens is 1. The van der Waals surface area contributed by atoms with Crippen molar-refractivity contribution in [3.05, 3.63) is 96.1 Å². The Morgan fingerprint density at radius 3 is 2.61 bits per heavy atom. The van der Waals surface area contributed by atoms with Gasteiger partial charge in [-0.1, -0.05) is 18.2 Å². The smallest absolute Gasteiger partial charge is 0.323 e. The SMILES string of the molecule is Cc1ccc(F)c(NC(=O)Nc2ccc(-c3ccc(OCCCc4ccncc4)c4[nH]nc(N)c34)cc2)c1. The summed E-state index contributed by atoms with van der Waals surface area (Å²) in [5.41, 5.74) is 11.5. The zero-order valence-corrected chi connectivity index (χ0v) is 20.8. The molecule has 0 spiro atoms. The molecule has 2 amide bonds. The van der Waals surface area contributed by atoms with Crippen molar-refractivity contribution in [1.29, 1.82) is 0 Å². The van der Waals surface area contributed by atoms with Crippen molar-refractivity contribution in [3.63, 3.8) is 0 Å². The van der Waals surface area contributed by atoms with Crippen LogP contribution in [0, 0.1) is 12.7 Å². The predicted octanol–water partition coefficient (Wildman–Crippen LogP) is 6.31. The highest BCUT2D eigenvalue weighted by Crippen LogP contribution is 2.37. The first-order valence-electron chi connectivity index (χ1n) is 12.2. The number of ether oxygens (including phenoxy) is 1. The molecule has 0 aliphatic carbocycles. The summed E-state index contributed by atoms with van der Waals surface area (Å²) in [7, 11) is 0. The molecule has 0 atom stereocenters. The Labute approximate surface area is 219 Å². The van der Waals surface area contributed by atoms with E-state index in [1.54, 1.807) is 36.7 Å². The first-order valence-corrected chi connectivity index (χ1v) is 12.2. The molecule has 3 aromatic carbocycles. The Kier molecular flexibility index (Phi) is 7.17. The lowest BCUT2D eigenvalue weighted by Crippen LogP contribution is -2.20. The van der Waals surface area contributed by atoms with Crippen LogP contribution in [-0.2, 0) is 6.42 Å². The third kappa shape index (κ3) is 5.57. The standard InChI is InChI=1S/C29H27FN6O2/c1-18-4-10-23(30)24(17-18)34-29(37)33-21-7-5-20(6-8-21)22-9-11-25(27-26(22)28(31)36-35-27)38-16-2-3-19-12-14-32-15-13-19/h4-15,17H,2-3,16H2,1H3,(H3,31,35,36)(H2,33,34,37). The summed E-state index contributed by atoms with van der Waals surface area (Å²) in [6.45, 7) is 2.37. The number of aromatic nitrogens is 3. The van der Waals surface area contributed by atoms with Gasteiger partial charge in [0, 0.05) is 18.1 Å². The molecule has 38 heavy (non-hydrogen) atoms. The summed E-state index contributed by atoms with van der Waals surface area (Å²) in [5.74, 6) is 0.559. The molecule has 5 N–H and O–H groups in total. The molecule has 0 unspecified atom stereocenters. The second-order valence-electron chi connectivity index (χ2n) is 8.92. The second-order valence-corrected chi connectivity index (χ2v) is 8.92. The number of H-pyrrole nitrogens is 1. The number of hydrogen-bond donors (Lipinski definition) is 4. The molecular weight excluding hydrogens is 483 g/mol. The van der Waals surface area contributed by atoms with Gasteiger partial charge in [-0.25, -0.2) is 9.18 Å². The van der Waals surface area contributed by atoms with Crippen LogP contribution in [0.25, 0.3) is 22.0 Å².